The molecule has 4 amide bonds. The molecule has 15 nitrogen and oxygen atoms in total. The van der Waals surface area contributed by atoms with Crippen molar-refractivity contribution in [1.82, 2.24) is 29.6 Å². The zero-order chi connectivity index (χ0) is 32.5. The molecule has 0 saturated carbocycles. The third-order valence-electron chi connectivity index (χ3n) is 7.45. The number of benzene rings is 3. The summed E-state index contributed by atoms with van der Waals surface area (Å²) < 4.78 is 1.79. The number of carbonyl (C=O) groups is 4. The van der Waals surface area contributed by atoms with Crippen molar-refractivity contribution in [2.24, 2.45) is 0 Å². The van der Waals surface area contributed by atoms with Gasteiger partial charge in [0.05, 0.1) is 59.2 Å². The predicted molar refractivity (Wildman–Crippen MR) is 164 cm³/mol. The Kier molecular flexibility index (Phi) is 7.54. The molecule has 0 bridgehead atoms. The van der Waals surface area contributed by atoms with Crippen LogP contribution in [0.3, 0.4) is 0 Å². The minimum atomic E-state index is -0.547. The first-order valence-electron chi connectivity index (χ1n) is 14.4. The Labute approximate surface area is 265 Å². The fourth-order valence-electron chi connectivity index (χ4n) is 5.25. The fraction of sp³-hybridized carbons (Fsp3) is 0.125. The van der Waals surface area contributed by atoms with E-state index in [1.54, 1.807) is 53.1 Å². The standard InChI is InChI=1S/C32H23N9O6/c33-17-19-18-35-31(37-26(19)34-13-15-46-40-27(42)20-7-1-2-8-21(20)28(40)43)38-32-36-24-11-5-6-12-25(24)39(32)14-16-47-41-29(44)22-9-3-4-10-23(22)30(41)45/h1-12,18H,13-16H2,(H2,34,35,36,37,38). The van der Waals surface area contributed by atoms with Crippen LogP contribution in [0.2, 0.25) is 0 Å². The lowest BCUT2D eigenvalue weighted by Gasteiger charge is -2.15. The highest BCUT2D eigenvalue weighted by Gasteiger charge is 2.37. The lowest BCUT2D eigenvalue weighted by Crippen LogP contribution is -2.32. The number of hydroxylamine groups is 4. The maximum atomic E-state index is 12.7. The SMILES string of the molecule is N#Cc1cnc(Nc2nc3ccccc3n2CCON2C(=O)c3ccccc3C2=O)nc1NCCON1C(=O)c2ccccc2C1=O. The molecule has 2 N–H and O–H groups in total. The maximum Gasteiger partial charge on any atom is 0.285 e. The van der Waals surface area contributed by atoms with Crippen LogP contribution in [0.5, 0.6) is 0 Å². The number of rotatable bonds is 11. The Morgan fingerprint density at radius 1 is 0.723 bits per heavy atom. The van der Waals surface area contributed by atoms with Crippen LogP contribution < -0.4 is 10.6 Å². The number of carbonyl (C=O) groups excluding carboxylic acids is 4. The van der Waals surface area contributed by atoms with Crippen LogP contribution in [0.25, 0.3) is 11.0 Å². The molecule has 2 aliphatic heterocycles. The molecular formula is C32H23N9O6. The molecule has 0 atom stereocenters. The molecule has 232 valence electrons. The van der Waals surface area contributed by atoms with E-state index in [9.17, 15) is 24.4 Å². The first-order valence-corrected chi connectivity index (χ1v) is 14.4. The summed E-state index contributed by atoms with van der Waals surface area (Å²) in [5.41, 5.74) is 2.66. The van der Waals surface area contributed by atoms with Gasteiger partial charge < -0.3 is 9.88 Å². The molecule has 5 aromatic rings. The summed E-state index contributed by atoms with van der Waals surface area (Å²) in [5.74, 6) is -1.50. The number of fused-ring (bicyclic) bond motifs is 3. The van der Waals surface area contributed by atoms with Crippen LogP contribution in [0.15, 0.2) is 79.0 Å². The Morgan fingerprint density at radius 2 is 1.28 bits per heavy atom. The van der Waals surface area contributed by atoms with E-state index in [2.05, 4.69) is 25.6 Å². The van der Waals surface area contributed by atoms with Gasteiger partial charge in [-0.05, 0) is 36.4 Å². The summed E-state index contributed by atoms with van der Waals surface area (Å²) in [7, 11) is 0. The second-order valence-electron chi connectivity index (χ2n) is 10.3. The number of anilines is 3. The summed E-state index contributed by atoms with van der Waals surface area (Å²) in [4.78, 5) is 74.9. The highest BCUT2D eigenvalue weighted by Crippen LogP contribution is 2.26. The molecule has 2 aliphatic rings. The second kappa shape index (κ2) is 12.1. The number of amides is 4. The van der Waals surface area contributed by atoms with Gasteiger partial charge in [-0.25, -0.2) is 9.97 Å². The zero-order valence-corrected chi connectivity index (χ0v) is 24.4. The van der Waals surface area contributed by atoms with Crippen LogP contribution in [-0.4, -0.2) is 73.0 Å². The number of para-hydroxylation sites is 2. The van der Waals surface area contributed by atoms with Crippen molar-refractivity contribution in [3.63, 3.8) is 0 Å². The summed E-state index contributed by atoms with van der Waals surface area (Å²) in [5, 5.41) is 17.1. The molecule has 0 aliphatic carbocycles. The van der Waals surface area contributed by atoms with Crippen LogP contribution in [0.1, 0.15) is 47.0 Å². The van der Waals surface area contributed by atoms with Gasteiger partial charge in [-0.2, -0.15) is 10.2 Å². The molecule has 0 spiro atoms. The predicted octanol–water partition coefficient (Wildman–Crippen LogP) is 3.31. The molecule has 0 unspecified atom stereocenters. The molecule has 0 fully saturated rings. The molecule has 0 saturated heterocycles. The number of aromatic nitrogens is 4. The molecule has 15 heteroatoms. The summed E-state index contributed by atoms with van der Waals surface area (Å²) in [6.45, 7) is 0.194. The van der Waals surface area contributed by atoms with Gasteiger partial charge in [0.15, 0.2) is 0 Å². The molecule has 2 aromatic heterocycles. The van der Waals surface area contributed by atoms with E-state index in [-0.39, 0.29) is 65.9 Å². The van der Waals surface area contributed by atoms with E-state index in [4.69, 9.17) is 9.68 Å². The van der Waals surface area contributed by atoms with Crippen LogP contribution in [0.4, 0.5) is 17.7 Å². The fourth-order valence-corrected chi connectivity index (χ4v) is 5.25. The normalized spacial score (nSPS) is 13.7. The Balaban J connectivity index is 1.03. The maximum absolute atomic E-state index is 12.7. The number of nitrogens with zero attached hydrogens (tertiary/aromatic N) is 7. The van der Waals surface area contributed by atoms with Gasteiger partial charge >= 0.3 is 0 Å². The third-order valence-corrected chi connectivity index (χ3v) is 7.45. The van der Waals surface area contributed by atoms with Crippen LogP contribution >= 0.6 is 0 Å². The van der Waals surface area contributed by atoms with E-state index in [0.717, 1.165) is 10.6 Å². The smallest absolute Gasteiger partial charge is 0.285 e. The van der Waals surface area contributed by atoms with Gasteiger partial charge in [0.2, 0.25) is 11.9 Å². The van der Waals surface area contributed by atoms with Crippen molar-refractivity contribution in [1.29, 1.82) is 5.26 Å². The van der Waals surface area contributed by atoms with Gasteiger partial charge in [-0.1, -0.05) is 36.4 Å². The molecule has 47 heavy (non-hydrogen) atoms. The minimum absolute atomic E-state index is 0.0331. The van der Waals surface area contributed by atoms with Crippen molar-refractivity contribution < 1.29 is 28.9 Å². The average Bonchev–Trinajstić information content (AvgIpc) is 3.66. The summed E-state index contributed by atoms with van der Waals surface area (Å²) in [6, 6.07) is 22.4. The van der Waals surface area contributed by atoms with Crippen molar-refractivity contribution in [3.05, 3.63) is 107 Å². The van der Waals surface area contributed by atoms with E-state index in [0.29, 0.717) is 16.5 Å². The number of imide groups is 2. The summed E-state index contributed by atoms with van der Waals surface area (Å²) >= 11 is 0. The minimum Gasteiger partial charge on any atom is -0.366 e. The first-order chi connectivity index (χ1) is 22.9. The van der Waals surface area contributed by atoms with E-state index in [1.165, 1.54) is 6.20 Å². The highest BCUT2D eigenvalue weighted by molar-refractivity contribution is 6.21. The van der Waals surface area contributed by atoms with Gasteiger partial charge in [0, 0.05) is 6.54 Å². The van der Waals surface area contributed by atoms with Crippen molar-refractivity contribution in [2.45, 2.75) is 6.54 Å². The number of nitrogens with one attached hydrogen (secondary N) is 2. The van der Waals surface area contributed by atoms with E-state index in [1.807, 2.05) is 30.3 Å². The molecule has 0 radical (unpaired) electrons. The Bertz CT molecular complexity index is 2070. The Hall–Kier alpha value is -6.50. The zero-order valence-electron chi connectivity index (χ0n) is 24.4. The third kappa shape index (κ3) is 5.29. The average molecular weight is 630 g/mol. The van der Waals surface area contributed by atoms with E-state index < -0.39 is 23.6 Å². The van der Waals surface area contributed by atoms with E-state index >= 15 is 0 Å². The molecule has 4 heterocycles. The van der Waals surface area contributed by atoms with Crippen LogP contribution in [-0.2, 0) is 16.2 Å². The number of nitriles is 1. The summed E-state index contributed by atoms with van der Waals surface area (Å²) in [6.07, 6.45) is 1.33. The number of imidazole rings is 1. The molecular weight excluding hydrogens is 606 g/mol. The van der Waals surface area contributed by atoms with Gasteiger partial charge in [-0.15, -0.1) is 10.1 Å². The van der Waals surface area contributed by atoms with Gasteiger partial charge in [-0.3, -0.25) is 34.2 Å². The Morgan fingerprint density at radius 3 is 1.87 bits per heavy atom. The second-order valence-corrected chi connectivity index (χ2v) is 10.3. The lowest BCUT2D eigenvalue weighted by atomic mass is 10.1. The number of hydrogen-bond donors (Lipinski definition) is 2. The van der Waals surface area contributed by atoms with Crippen molar-refractivity contribution in [2.75, 3.05) is 30.4 Å². The van der Waals surface area contributed by atoms with Gasteiger partial charge in [0.1, 0.15) is 17.5 Å². The largest absolute Gasteiger partial charge is 0.366 e. The van der Waals surface area contributed by atoms with Gasteiger partial charge in [0.25, 0.3) is 23.6 Å². The number of hydrogen-bond acceptors (Lipinski definition) is 12. The van der Waals surface area contributed by atoms with Crippen molar-refractivity contribution >= 4 is 52.4 Å². The highest BCUT2D eigenvalue weighted by atomic mass is 16.7. The van der Waals surface area contributed by atoms with Crippen LogP contribution in [0, 0.1) is 11.3 Å². The van der Waals surface area contributed by atoms with Crippen molar-refractivity contribution in [3.8, 4) is 6.07 Å². The first kappa shape index (κ1) is 29.2. The molecule has 7 rings (SSSR count). The topological polar surface area (TPSA) is 185 Å². The lowest BCUT2D eigenvalue weighted by molar-refractivity contribution is -0.0932. The monoisotopic (exact) mass is 629 g/mol. The molecule has 3 aromatic carbocycles. The quantitative estimate of drug-likeness (QED) is 0.161.